The molecule has 1 amide bonds. The number of carbonyl (C=O) groups is 1. The number of benzene rings is 2. The zero-order chi connectivity index (χ0) is 20.5. The lowest BCUT2D eigenvalue weighted by Gasteiger charge is -2.31. The molecule has 0 aliphatic carbocycles. The SMILES string of the molecule is O=C(Nc1nc2n(n1)[C@H](c1ccc(Cl)cc1)C[C@@H](c1ccccc1)N2)c1ccco1. The Hall–Kier alpha value is -3.58. The fraction of sp³-hybridized carbons (Fsp3) is 0.136. The first-order valence-electron chi connectivity index (χ1n) is 9.56. The molecule has 0 saturated carbocycles. The average molecular weight is 420 g/mol. The summed E-state index contributed by atoms with van der Waals surface area (Å²) in [7, 11) is 0. The van der Waals surface area contributed by atoms with Gasteiger partial charge in [0, 0.05) is 5.02 Å². The number of hydrogen-bond acceptors (Lipinski definition) is 5. The summed E-state index contributed by atoms with van der Waals surface area (Å²) in [6.45, 7) is 0. The van der Waals surface area contributed by atoms with E-state index in [1.54, 1.807) is 16.8 Å². The van der Waals surface area contributed by atoms with Crippen molar-refractivity contribution in [1.29, 1.82) is 0 Å². The van der Waals surface area contributed by atoms with Crippen LogP contribution in [0.4, 0.5) is 11.9 Å². The second-order valence-electron chi connectivity index (χ2n) is 7.05. The van der Waals surface area contributed by atoms with Crippen LogP contribution in [0, 0.1) is 0 Å². The molecule has 7 nitrogen and oxygen atoms in total. The monoisotopic (exact) mass is 419 g/mol. The second kappa shape index (κ2) is 7.68. The Labute approximate surface area is 177 Å². The van der Waals surface area contributed by atoms with Gasteiger partial charge in [0.15, 0.2) is 5.76 Å². The minimum atomic E-state index is -0.398. The average Bonchev–Trinajstić information content (AvgIpc) is 3.44. The van der Waals surface area contributed by atoms with Crippen molar-refractivity contribution in [2.24, 2.45) is 0 Å². The number of rotatable bonds is 4. The Kier molecular flexibility index (Phi) is 4.72. The number of hydrogen-bond donors (Lipinski definition) is 2. The first kappa shape index (κ1) is 18.4. The van der Waals surface area contributed by atoms with E-state index in [4.69, 9.17) is 16.0 Å². The van der Waals surface area contributed by atoms with Gasteiger partial charge in [-0.25, -0.2) is 4.68 Å². The number of halogens is 1. The van der Waals surface area contributed by atoms with Crippen molar-refractivity contribution in [3.05, 3.63) is 94.9 Å². The molecule has 30 heavy (non-hydrogen) atoms. The summed E-state index contributed by atoms with van der Waals surface area (Å²) < 4.78 is 6.95. The van der Waals surface area contributed by atoms with E-state index in [0.29, 0.717) is 11.0 Å². The van der Waals surface area contributed by atoms with Crippen molar-refractivity contribution in [3.8, 4) is 0 Å². The van der Waals surface area contributed by atoms with Crippen LogP contribution in [-0.2, 0) is 0 Å². The van der Waals surface area contributed by atoms with Gasteiger partial charge in [-0.3, -0.25) is 10.1 Å². The van der Waals surface area contributed by atoms with Gasteiger partial charge in [0.25, 0.3) is 11.9 Å². The van der Waals surface area contributed by atoms with Gasteiger partial charge in [0.2, 0.25) is 5.95 Å². The molecule has 2 aromatic carbocycles. The lowest BCUT2D eigenvalue weighted by atomic mass is 9.93. The number of furan rings is 1. The van der Waals surface area contributed by atoms with Gasteiger partial charge in [-0.1, -0.05) is 54.1 Å². The van der Waals surface area contributed by atoms with E-state index >= 15 is 0 Å². The molecule has 1 aliphatic rings. The van der Waals surface area contributed by atoms with Gasteiger partial charge in [0.05, 0.1) is 18.3 Å². The highest BCUT2D eigenvalue weighted by atomic mass is 35.5. The molecular weight excluding hydrogens is 402 g/mol. The van der Waals surface area contributed by atoms with Gasteiger partial charge >= 0.3 is 0 Å². The second-order valence-corrected chi connectivity index (χ2v) is 7.48. The maximum atomic E-state index is 12.3. The highest BCUT2D eigenvalue weighted by Crippen LogP contribution is 2.38. The van der Waals surface area contributed by atoms with Crippen molar-refractivity contribution >= 4 is 29.4 Å². The molecule has 3 heterocycles. The third kappa shape index (κ3) is 3.55. The number of amides is 1. The number of anilines is 2. The van der Waals surface area contributed by atoms with Crippen LogP contribution >= 0.6 is 11.6 Å². The van der Waals surface area contributed by atoms with E-state index in [1.807, 2.05) is 42.5 Å². The number of nitrogens with one attached hydrogen (secondary N) is 2. The predicted molar refractivity (Wildman–Crippen MR) is 114 cm³/mol. The van der Waals surface area contributed by atoms with Gasteiger partial charge in [-0.05, 0) is 41.8 Å². The summed E-state index contributed by atoms with van der Waals surface area (Å²) in [6.07, 6.45) is 2.22. The molecule has 8 heteroatoms. The Bertz CT molecular complexity index is 1160. The first-order valence-corrected chi connectivity index (χ1v) is 9.93. The van der Waals surface area contributed by atoms with E-state index in [0.717, 1.165) is 17.5 Å². The quantitative estimate of drug-likeness (QED) is 0.490. The van der Waals surface area contributed by atoms with Gasteiger partial charge in [-0.2, -0.15) is 4.98 Å². The number of fused-ring (bicyclic) bond motifs is 1. The number of carbonyl (C=O) groups excluding carboxylic acids is 1. The van der Waals surface area contributed by atoms with Crippen LogP contribution in [0.3, 0.4) is 0 Å². The lowest BCUT2D eigenvalue weighted by Crippen LogP contribution is -2.28. The molecule has 0 spiro atoms. The van der Waals surface area contributed by atoms with Crippen molar-refractivity contribution < 1.29 is 9.21 Å². The highest BCUT2D eigenvalue weighted by Gasteiger charge is 2.31. The van der Waals surface area contributed by atoms with E-state index < -0.39 is 5.91 Å². The van der Waals surface area contributed by atoms with Crippen molar-refractivity contribution in [2.75, 3.05) is 10.6 Å². The minimum absolute atomic E-state index is 0.0530. The molecule has 2 aromatic heterocycles. The van der Waals surface area contributed by atoms with Crippen molar-refractivity contribution in [1.82, 2.24) is 14.8 Å². The molecule has 0 saturated heterocycles. The molecule has 4 aromatic rings. The summed E-state index contributed by atoms with van der Waals surface area (Å²) >= 11 is 6.08. The molecule has 1 aliphatic heterocycles. The molecule has 0 bridgehead atoms. The van der Waals surface area contributed by atoms with Crippen LogP contribution in [-0.4, -0.2) is 20.7 Å². The zero-order valence-corrected chi connectivity index (χ0v) is 16.6. The Morgan fingerprint density at radius 2 is 1.87 bits per heavy atom. The lowest BCUT2D eigenvalue weighted by molar-refractivity contribution is 0.0995. The molecular formula is C22H18ClN5O2. The standard InChI is InChI=1S/C22H18ClN5O2/c23-16-10-8-15(9-11-16)18-13-17(14-5-2-1-3-6-14)24-22-26-21(27-28(18)22)25-20(29)19-7-4-12-30-19/h1-12,17-18H,13H2,(H2,24,25,26,27,29)/t17-,18-/m0/s1. The van der Waals surface area contributed by atoms with Crippen molar-refractivity contribution in [3.63, 3.8) is 0 Å². The first-order chi connectivity index (χ1) is 14.7. The Morgan fingerprint density at radius 3 is 2.60 bits per heavy atom. The summed E-state index contributed by atoms with van der Waals surface area (Å²) in [5.41, 5.74) is 2.23. The summed E-state index contributed by atoms with van der Waals surface area (Å²) in [4.78, 5) is 16.8. The third-order valence-electron chi connectivity index (χ3n) is 5.12. The summed E-state index contributed by atoms with van der Waals surface area (Å²) in [6, 6.07) is 21.2. The van der Waals surface area contributed by atoms with Crippen LogP contribution in [0.5, 0.6) is 0 Å². The maximum Gasteiger partial charge on any atom is 0.293 e. The molecule has 2 N–H and O–H groups in total. The van der Waals surface area contributed by atoms with Crippen LogP contribution < -0.4 is 10.6 Å². The fourth-order valence-electron chi connectivity index (χ4n) is 3.67. The maximum absolute atomic E-state index is 12.3. The van der Waals surface area contributed by atoms with E-state index in [1.165, 1.54) is 6.26 Å². The zero-order valence-electron chi connectivity index (χ0n) is 15.8. The summed E-state index contributed by atoms with van der Waals surface area (Å²) in [5.74, 6) is 0.606. The topological polar surface area (TPSA) is 85.0 Å². The van der Waals surface area contributed by atoms with E-state index in [2.05, 4.69) is 32.8 Å². The van der Waals surface area contributed by atoms with Gasteiger partial charge < -0.3 is 9.73 Å². The molecule has 5 rings (SSSR count). The normalized spacial score (nSPS) is 17.8. The molecule has 0 fully saturated rings. The summed E-state index contributed by atoms with van der Waals surface area (Å²) in [5, 5.41) is 11.4. The smallest absolute Gasteiger partial charge is 0.293 e. The minimum Gasteiger partial charge on any atom is -0.459 e. The molecule has 0 unspecified atom stereocenters. The third-order valence-corrected chi connectivity index (χ3v) is 5.37. The van der Waals surface area contributed by atoms with Gasteiger partial charge in [0.1, 0.15) is 0 Å². The van der Waals surface area contributed by atoms with Crippen LogP contribution in [0.15, 0.2) is 77.4 Å². The number of nitrogens with zero attached hydrogens (tertiary/aromatic N) is 3. The Balaban J connectivity index is 1.50. The predicted octanol–water partition coefficient (Wildman–Crippen LogP) is 4.92. The molecule has 0 radical (unpaired) electrons. The molecule has 150 valence electrons. The number of aromatic nitrogens is 3. The van der Waals surface area contributed by atoms with Crippen molar-refractivity contribution in [2.45, 2.75) is 18.5 Å². The largest absolute Gasteiger partial charge is 0.459 e. The van der Waals surface area contributed by atoms with Crippen LogP contribution in [0.1, 0.15) is 40.2 Å². The van der Waals surface area contributed by atoms with E-state index in [9.17, 15) is 4.79 Å². The molecule has 2 atom stereocenters. The highest BCUT2D eigenvalue weighted by molar-refractivity contribution is 6.30. The van der Waals surface area contributed by atoms with E-state index in [-0.39, 0.29) is 23.8 Å². The fourth-order valence-corrected chi connectivity index (χ4v) is 3.79. The van der Waals surface area contributed by atoms with Crippen LogP contribution in [0.2, 0.25) is 5.02 Å². The van der Waals surface area contributed by atoms with Gasteiger partial charge in [-0.15, -0.1) is 5.10 Å². The Morgan fingerprint density at radius 1 is 1.07 bits per heavy atom. The van der Waals surface area contributed by atoms with Crippen LogP contribution in [0.25, 0.3) is 0 Å².